The maximum atomic E-state index is 10.7. The summed E-state index contributed by atoms with van der Waals surface area (Å²) in [6, 6.07) is 1.86. The summed E-state index contributed by atoms with van der Waals surface area (Å²) in [6.45, 7) is 5.98. The van der Waals surface area contributed by atoms with Gasteiger partial charge in [-0.25, -0.2) is 4.79 Å². The van der Waals surface area contributed by atoms with E-state index in [1.54, 1.807) is 6.92 Å². The zero-order chi connectivity index (χ0) is 10.7. The smallest absolute Gasteiger partial charge is 0.337 e. The molecule has 1 unspecified atom stereocenters. The third kappa shape index (κ3) is 2.10. The minimum absolute atomic E-state index is 0.289. The fourth-order valence-electron chi connectivity index (χ4n) is 1.28. The van der Waals surface area contributed by atoms with E-state index >= 15 is 0 Å². The highest BCUT2D eigenvalue weighted by Gasteiger charge is 2.10. The van der Waals surface area contributed by atoms with Crippen LogP contribution in [0.5, 0.6) is 0 Å². The van der Waals surface area contributed by atoms with Gasteiger partial charge in [0.2, 0.25) is 0 Å². The van der Waals surface area contributed by atoms with Crippen LogP contribution in [0.3, 0.4) is 0 Å². The number of carbonyl (C=O) groups is 1. The summed E-state index contributed by atoms with van der Waals surface area (Å²) in [6.07, 6.45) is 2.46. The van der Waals surface area contributed by atoms with E-state index in [1.165, 1.54) is 6.20 Å². The predicted octanol–water partition coefficient (Wildman–Crippen LogP) is 2.60. The standard InChI is InChI=1S/C11H15NO2/c1-4-7(2)10-5-8(3)9(6-12-10)11(13)14/h5-7H,4H2,1-3H3,(H,13,14). The second kappa shape index (κ2) is 4.22. The Balaban J connectivity index is 3.06. The number of aromatic nitrogens is 1. The molecule has 0 aliphatic carbocycles. The second-order valence-electron chi connectivity index (χ2n) is 3.54. The van der Waals surface area contributed by atoms with Gasteiger partial charge in [0.15, 0.2) is 0 Å². The van der Waals surface area contributed by atoms with Gasteiger partial charge < -0.3 is 5.11 Å². The van der Waals surface area contributed by atoms with Crippen LogP contribution in [0, 0.1) is 6.92 Å². The van der Waals surface area contributed by atoms with Crippen molar-refractivity contribution in [3.63, 3.8) is 0 Å². The van der Waals surface area contributed by atoms with E-state index in [0.717, 1.165) is 17.7 Å². The summed E-state index contributed by atoms with van der Waals surface area (Å²) in [5.74, 6) is -0.526. The SMILES string of the molecule is CCC(C)c1cc(C)c(C(=O)O)cn1. The van der Waals surface area contributed by atoms with E-state index in [0.29, 0.717) is 5.92 Å². The predicted molar refractivity (Wildman–Crippen MR) is 54.6 cm³/mol. The lowest BCUT2D eigenvalue weighted by molar-refractivity contribution is 0.0695. The molecular formula is C11H15NO2. The van der Waals surface area contributed by atoms with Gasteiger partial charge in [-0.15, -0.1) is 0 Å². The number of aryl methyl sites for hydroxylation is 1. The summed E-state index contributed by atoms with van der Waals surface area (Å²) in [4.78, 5) is 14.9. The highest BCUT2D eigenvalue weighted by molar-refractivity contribution is 5.88. The van der Waals surface area contributed by atoms with Gasteiger partial charge in [-0.3, -0.25) is 4.98 Å². The first kappa shape index (κ1) is 10.7. The maximum Gasteiger partial charge on any atom is 0.337 e. The first-order valence-electron chi connectivity index (χ1n) is 4.76. The molecule has 0 saturated carbocycles. The van der Waals surface area contributed by atoms with E-state index in [2.05, 4.69) is 18.8 Å². The summed E-state index contributed by atoms with van der Waals surface area (Å²) in [5, 5.41) is 8.81. The number of carboxylic acid groups (broad SMARTS) is 1. The molecule has 76 valence electrons. The Morgan fingerprint density at radius 3 is 2.71 bits per heavy atom. The molecule has 1 aromatic rings. The normalized spacial score (nSPS) is 12.5. The molecule has 0 bridgehead atoms. The number of hydrogen-bond donors (Lipinski definition) is 1. The maximum absolute atomic E-state index is 10.7. The molecular weight excluding hydrogens is 178 g/mol. The van der Waals surface area contributed by atoms with E-state index in [-0.39, 0.29) is 5.56 Å². The van der Waals surface area contributed by atoms with Crippen molar-refractivity contribution in [2.75, 3.05) is 0 Å². The molecule has 0 radical (unpaired) electrons. The highest BCUT2D eigenvalue weighted by Crippen LogP contribution is 2.18. The summed E-state index contributed by atoms with van der Waals surface area (Å²) in [7, 11) is 0. The Kier molecular flexibility index (Phi) is 3.23. The van der Waals surface area contributed by atoms with Gasteiger partial charge in [0.05, 0.1) is 5.56 Å². The van der Waals surface area contributed by atoms with Crippen LogP contribution >= 0.6 is 0 Å². The Morgan fingerprint density at radius 1 is 1.64 bits per heavy atom. The summed E-state index contributed by atoms with van der Waals surface area (Å²) in [5.41, 5.74) is 2.04. The number of nitrogens with zero attached hydrogens (tertiary/aromatic N) is 1. The molecule has 0 saturated heterocycles. The van der Waals surface area contributed by atoms with Gasteiger partial charge >= 0.3 is 5.97 Å². The molecule has 1 rings (SSSR count). The highest BCUT2D eigenvalue weighted by atomic mass is 16.4. The van der Waals surface area contributed by atoms with Crippen molar-refractivity contribution in [3.05, 3.63) is 29.1 Å². The number of carboxylic acids is 1. The van der Waals surface area contributed by atoms with Gasteiger partial charge in [-0.2, -0.15) is 0 Å². The Labute approximate surface area is 83.8 Å². The van der Waals surface area contributed by atoms with Crippen LogP contribution in [-0.4, -0.2) is 16.1 Å². The largest absolute Gasteiger partial charge is 0.478 e. The molecule has 1 N–H and O–H groups in total. The minimum atomic E-state index is -0.911. The lowest BCUT2D eigenvalue weighted by atomic mass is 10.0. The number of aromatic carboxylic acids is 1. The fraction of sp³-hybridized carbons (Fsp3) is 0.455. The summed E-state index contributed by atoms with van der Waals surface area (Å²) >= 11 is 0. The number of hydrogen-bond acceptors (Lipinski definition) is 2. The molecule has 1 aromatic heterocycles. The molecule has 1 heterocycles. The molecule has 3 heteroatoms. The Morgan fingerprint density at radius 2 is 2.29 bits per heavy atom. The molecule has 1 atom stereocenters. The van der Waals surface area contributed by atoms with E-state index in [4.69, 9.17) is 5.11 Å². The van der Waals surface area contributed by atoms with Crippen LogP contribution in [0.2, 0.25) is 0 Å². The lowest BCUT2D eigenvalue weighted by Gasteiger charge is -2.09. The quantitative estimate of drug-likeness (QED) is 0.802. The lowest BCUT2D eigenvalue weighted by Crippen LogP contribution is -2.04. The van der Waals surface area contributed by atoms with Crippen molar-refractivity contribution in [1.29, 1.82) is 0 Å². The average Bonchev–Trinajstić information content (AvgIpc) is 2.15. The van der Waals surface area contributed by atoms with Gasteiger partial charge in [0.25, 0.3) is 0 Å². The topological polar surface area (TPSA) is 50.2 Å². The number of rotatable bonds is 3. The van der Waals surface area contributed by atoms with Crippen molar-refractivity contribution in [3.8, 4) is 0 Å². The monoisotopic (exact) mass is 193 g/mol. The first-order chi connectivity index (χ1) is 6.56. The fourth-order valence-corrected chi connectivity index (χ4v) is 1.28. The third-order valence-electron chi connectivity index (χ3n) is 2.48. The zero-order valence-electron chi connectivity index (χ0n) is 8.74. The molecule has 14 heavy (non-hydrogen) atoms. The summed E-state index contributed by atoms with van der Waals surface area (Å²) < 4.78 is 0. The van der Waals surface area contributed by atoms with Crippen LogP contribution in [0.1, 0.15) is 47.8 Å². The van der Waals surface area contributed by atoms with Crippen LogP contribution < -0.4 is 0 Å². The molecule has 0 spiro atoms. The number of pyridine rings is 1. The van der Waals surface area contributed by atoms with E-state index in [1.807, 2.05) is 6.07 Å². The van der Waals surface area contributed by atoms with Gasteiger partial charge in [-0.1, -0.05) is 13.8 Å². The van der Waals surface area contributed by atoms with Gasteiger partial charge in [-0.05, 0) is 30.9 Å². The minimum Gasteiger partial charge on any atom is -0.478 e. The van der Waals surface area contributed by atoms with E-state index < -0.39 is 5.97 Å². The van der Waals surface area contributed by atoms with E-state index in [9.17, 15) is 4.79 Å². The van der Waals surface area contributed by atoms with Crippen LogP contribution in [0.4, 0.5) is 0 Å². The second-order valence-corrected chi connectivity index (χ2v) is 3.54. The molecule has 3 nitrogen and oxygen atoms in total. The van der Waals surface area contributed by atoms with Crippen molar-refractivity contribution >= 4 is 5.97 Å². The van der Waals surface area contributed by atoms with Gasteiger partial charge in [0.1, 0.15) is 0 Å². The van der Waals surface area contributed by atoms with Crippen molar-refractivity contribution < 1.29 is 9.90 Å². The molecule has 0 fully saturated rings. The third-order valence-corrected chi connectivity index (χ3v) is 2.48. The molecule has 0 aliphatic rings. The average molecular weight is 193 g/mol. The molecule has 0 amide bonds. The van der Waals surface area contributed by atoms with Crippen LogP contribution in [0.25, 0.3) is 0 Å². The molecule has 0 aliphatic heterocycles. The Bertz CT molecular complexity index is 347. The zero-order valence-corrected chi connectivity index (χ0v) is 8.74. The van der Waals surface area contributed by atoms with Crippen molar-refractivity contribution in [2.24, 2.45) is 0 Å². The van der Waals surface area contributed by atoms with Crippen molar-refractivity contribution in [2.45, 2.75) is 33.1 Å². The van der Waals surface area contributed by atoms with Gasteiger partial charge in [0, 0.05) is 11.9 Å². The van der Waals surface area contributed by atoms with Crippen LogP contribution in [0.15, 0.2) is 12.3 Å². The van der Waals surface area contributed by atoms with Crippen LogP contribution in [-0.2, 0) is 0 Å². The first-order valence-corrected chi connectivity index (χ1v) is 4.76. The molecule has 0 aromatic carbocycles. The van der Waals surface area contributed by atoms with Crippen molar-refractivity contribution in [1.82, 2.24) is 4.98 Å². The Hall–Kier alpha value is -1.38.